The number of nitro benzene ring substituents is 1. The minimum Gasteiger partial charge on any atom is -0.468 e. The molecule has 2 aromatic rings. The molecule has 2 aromatic carbocycles. The summed E-state index contributed by atoms with van der Waals surface area (Å²) in [6.07, 6.45) is 1.77. The van der Waals surface area contributed by atoms with Gasteiger partial charge in [0, 0.05) is 24.4 Å². The van der Waals surface area contributed by atoms with E-state index in [-0.39, 0.29) is 29.5 Å². The first-order chi connectivity index (χ1) is 20.6. The molecule has 1 saturated heterocycles. The van der Waals surface area contributed by atoms with Crippen molar-refractivity contribution in [3.63, 3.8) is 0 Å². The SMILES string of the molecule is COC(=O)C1=C(C)NC(=O)N(C(=O)NCCCN2CCC(C(=O)OC)(c3ccccc3)CC2)[C@@H]1c1ccc([N+](=O)[O-])cc1. The van der Waals surface area contributed by atoms with Gasteiger partial charge in [-0.1, -0.05) is 30.3 Å². The van der Waals surface area contributed by atoms with Crippen LogP contribution in [0.4, 0.5) is 15.3 Å². The van der Waals surface area contributed by atoms with Crippen molar-refractivity contribution >= 4 is 29.7 Å². The van der Waals surface area contributed by atoms with Crippen molar-refractivity contribution in [3.8, 4) is 0 Å². The molecule has 4 rings (SSSR count). The summed E-state index contributed by atoms with van der Waals surface area (Å²) >= 11 is 0. The highest BCUT2D eigenvalue weighted by Crippen LogP contribution is 2.37. The maximum atomic E-state index is 13.3. The number of nitrogens with zero attached hydrogens (tertiary/aromatic N) is 3. The fourth-order valence-corrected chi connectivity index (χ4v) is 5.72. The van der Waals surface area contributed by atoms with E-state index in [2.05, 4.69) is 15.5 Å². The number of allylic oxidation sites excluding steroid dienone is 1. The molecule has 1 fully saturated rings. The molecular formula is C30H35N5O8. The van der Waals surface area contributed by atoms with Gasteiger partial charge in [-0.2, -0.15) is 0 Å². The van der Waals surface area contributed by atoms with Crippen LogP contribution in [0.3, 0.4) is 0 Å². The van der Waals surface area contributed by atoms with Crippen LogP contribution in [0.25, 0.3) is 0 Å². The van der Waals surface area contributed by atoms with E-state index in [9.17, 15) is 29.3 Å². The van der Waals surface area contributed by atoms with Gasteiger partial charge in [0.05, 0.1) is 30.1 Å². The number of benzene rings is 2. The number of piperidine rings is 1. The Morgan fingerprint density at radius 3 is 2.28 bits per heavy atom. The smallest absolute Gasteiger partial charge is 0.337 e. The number of non-ortho nitro benzene ring substituents is 1. The van der Waals surface area contributed by atoms with Gasteiger partial charge >= 0.3 is 24.0 Å². The van der Waals surface area contributed by atoms with E-state index in [1.54, 1.807) is 0 Å². The topological polar surface area (TPSA) is 160 Å². The average molecular weight is 594 g/mol. The molecule has 0 spiro atoms. The van der Waals surface area contributed by atoms with Crippen molar-refractivity contribution < 1.29 is 33.6 Å². The second kappa shape index (κ2) is 13.5. The number of nitro groups is 1. The number of urea groups is 2. The first kappa shape index (κ1) is 31.2. The zero-order chi connectivity index (χ0) is 31.1. The monoisotopic (exact) mass is 593 g/mol. The molecule has 4 amide bonds. The molecule has 0 unspecified atom stereocenters. The zero-order valence-corrected chi connectivity index (χ0v) is 24.3. The number of ether oxygens (including phenoxy) is 2. The number of hydrogen-bond donors (Lipinski definition) is 2. The Bertz CT molecular complexity index is 1400. The molecule has 13 heteroatoms. The first-order valence-corrected chi connectivity index (χ1v) is 13.9. The number of carbonyl (C=O) groups is 4. The standard InChI is InChI=1S/C30H35N5O8/c1-20-24(26(36)42-2)25(21-10-12-23(13-11-21)35(40)41)34(29(39)32-20)28(38)31-16-7-17-33-18-14-30(15-19-33,27(37)43-3)22-8-5-4-6-9-22/h4-6,8-13,25H,7,14-19H2,1-3H3,(H,31,38)(H,32,39)/t25-/m1/s1. The van der Waals surface area contributed by atoms with Crippen molar-refractivity contribution in [2.24, 2.45) is 0 Å². The highest BCUT2D eigenvalue weighted by atomic mass is 16.6. The Morgan fingerprint density at radius 1 is 1.05 bits per heavy atom. The lowest BCUT2D eigenvalue weighted by molar-refractivity contribution is -0.384. The van der Waals surface area contributed by atoms with Gasteiger partial charge in [0.2, 0.25) is 0 Å². The Hall–Kier alpha value is -4.78. The van der Waals surface area contributed by atoms with Crippen LogP contribution in [0.1, 0.15) is 43.4 Å². The van der Waals surface area contributed by atoms with Gasteiger partial charge in [-0.3, -0.25) is 14.9 Å². The highest BCUT2D eigenvalue weighted by Gasteiger charge is 2.44. The fourth-order valence-electron chi connectivity index (χ4n) is 5.72. The van der Waals surface area contributed by atoms with E-state index in [4.69, 9.17) is 9.47 Å². The molecule has 2 aliphatic rings. The summed E-state index contributed by atoms with van der Waals surface area (Å²) in [5.41, 5.74) is 0.645. The largest absolute Gasteiger partial charge is 0.468 e. The van der Waals surface area contributed by atoms with Crippen LogP contribution in [0.15, 0.2) is 65.9 Å². The van der Waals surface area contributed by atoms with Gasteiger partial charge in [0.1, 0.15) is 6.04 Å². The molecular weight excluding hydrogens is 558 g/mol. The van der Waals surface area contributed by atoms with Crippen LogP contribution in [0.2, 0.25) is 0 Å². The Balaban J connectivity index is 1.41. The third-order valence-corrected chi connectivity index (χ3v) is 8.03. The Labute approximate surface area is 249 Å². The van der Waals surface area contributed by atoms with Crippen molar-refractivity contribution in [2.75, 3.05) is 40.4 Å². The molecule has 1 atom stereocenters. The van der Waals surface area contributed by atoms with Crippen LogP contribution in [-0.2, 0) is 24.5 Å². The normalized spacial score (nSPS) is 18.4. The van der Waals surface area contributed by atoms with Crippen molar-refractivity contribution in [1.82, 2.24) is 20.4 Å². The van der Waals surface area contributed by atoms with Gasteiger partial charge < -0.3 is 25.0 Å². The van der Waals surface area contributed by atoms with Crippen LogP contribution >= 0.6 is 0 Å². The zero-order valence-electron chi connectivity index (χ0n) is 24.3. The molecule has 0 aromatic heterocycles. The molecule has 2 heterocycles. The number of amides is 4. The molecule has 228 valence electrons. The van der Waals surface area contributed by atoms with Crippen molar-refractivity contribution in [3.05, 3.63) is 87.1 Å². The number of imide groups is 1. The summed E-state index contributed by atoms with van der Waals surface area (Å²) in [4.78, 5) is 65.5. The number of likely N-dealkylation sites (tertiary alicyclic amines) is 1. The predicted octanol–water partition coefficient (Wildman–Crippen LogP) is 3.41. The van der Waals surface area contributed by atoms with E-state index in [0.717, 1.165) is 10.5 Å². The van der Waals surface area contributed by atoms with E-state index >= 15 is 0 Å². The third-order valence-electron chi connectivity index (χ3n) is 8.03. The molecule has 0 saturated carbocycles. The number of methoxy groups -OCH3 is 2. The third kappa shape index (κ3) is 6.51. The number of nitrogens with one attached hydrogen (secondary N) is 2. The van der Waals surface area contributed by atoms with Crippen LogP contribution in [0.5, 0.6) is 0 Å². The number of hydrogen-bond acceptors (Lipinski definition) is 9. The van der Waals surface area contributed by atoms with E-state index < -0.39 is 34.4 Å². The first-order valence-electron chi connectivity index (χ1n) is 13.9. The molecule has 0 aliphatic carbocycles. The van der Waals surface area contributed by atoms with Crippen LogP contribution < -0.4 is 10.6 Å². The summed E-state index contributed by atoms with van der Waals surface area (Å²) in [5, 5.41) is 16.4. The summed E-state index contributed by atoms with van der Waals surface area (Å²) in [7, 11) is 2.59. The average Bonchev–Trinajstić information content (AvgIpc) is 3.02. The minimum atomic E-state index is -1.16. The second-order valence-corrected chi connectivity index (χ2v) is 10.4. The predicted molar refractivity (Wildman–Crippen MR) is 155 cm³/mol. The van der Waals surface area contributed by atoms with Crippen molar-refractivity contribution in [2.45, 2.75) is 37.6 Å². The van der Waals surface area contributed by atoms with Crippen LogP contribution in [-0.4, -0.2) is 79.1 Å². The molecule has 0 bridgehead atoms. The summed E-state index contributed by atoms with van der Waals surface area (Å²) in [5.74, 6) is -0.995. The number of carbonyl (C=O) groups excluding carboxylic acids is 4. The second-order valence-electron chi connectivity index (χ2n) is 10.4. The molecule has 2 N–H and O–H groups in total. The lowest BCUT2D eigenvalue weighted by Gasteiger charge is -2.40. The fraction of sp³-hybridized carbons (Fsp3) is 0.400. The van der Waals surface area contributed by atoms with E-state index in [1.165, 1.54) is 45.4 Å². The summed E-state index contributed by atoms with van der Waals surface area (Å²) < 4.78 is 10.1. The molecule has 0 radical (unpaired) electrons. The highest BCUT2D eigenvalue weighted by molar-refractivity contribution is 6.01. The van der Waals surface area contributed by atoms with Gasteiger partial charge in [0.25, 0.3) is 5.69 Å². The Kier molecular flexibility index (Phi) is 9.76. The quantitative estimate of drug-likeness (QED) is 0.192. The van der Waals surface area contributed by atoms with Crippen molar-refractivity contribution in [1.29, 1.82) is 0 Å². The van der Waals surface area contributed by atoms with Gasteiger partial charge in [-0.15, -0.1) is 0 Å². The Morgan fingerprint density at radius 2 is 1.70 bits per heavy atom. The van der Waals surface area contributed by atoms with Crippen LogP contribution in [0, 0.1) is 10.1 Å². The maximum absolute atomic E-state index is 13.3. The maximum Gasteiger partial charge on any atom is 0.337 e. The summed E-state index contributed by atoms with van der Waals surface area (Å²) in [6.45, 7) is 3.74. The van der Waals surface area contributed by atoms with Gasteiger partial charge in [-0.25, -0.2) is 19.3 Å². The molecule has 43 heavy (non-hydrogen) atoms. The van der Waals surface area contributed by atoms with E-state index in [1.807, 2.05) is 30.3 Å². The number of rotatable bonds is 9. The number of esters is 2. The lowest BCUT2D eigenvalue weighted by Crippen LogP contribution is -2.54. The molecule has 13 nitrogen and oxygen atoms in total. The van der Waals surface area contributed by atoms with Gasteiger partial charge in [0.15, 0.2) is 0 Å². The molecule has 2 aliphatic heterocycles. The summed E-state index contributed by atoms with van der Waals surface area (Å²) in [6, 6.07) is 12.3. The van der Waals surface area contributed by atoms with E-state index in [0.29, 0.717) is 44.5 Å². The minimum absolute atomic E-state index is 0.0342. The van der Waals surface area contributed by atoms with Gasteiger partial charge in [-0.05, 0) is 69.1 Å². The lowest BCUT2D eigenvalue weighted by atomic mass is 9.72.